The summed E-state index contributed by atoms with van der Waals surface area (Å²) in [6.07, 6.45) is 1.76. The fourth-order valence-corrected chi connectivity index (χ4v) is 3.86. The van der Waals surface area contributed by atoms with Crippen molar-refractivity contribution in [3.05, 3.63) is 61.9 Å². The molecule has 0 fully saturated rings. The number of fused-ring (bicyclic) bond motifs is 1. The minimum atomic E-state index is -0.154. The van der Waals surface area contributed by atoms with Gasteiger partial charge in [-0.15, -0.1) is 0 Å². The van der Waals surface area contributed by atoms with Crippen LogP contribution >= 0.6 is 15.9 Å². The number of benzene rings is 1. The summed E-state index contributed by atoms with van der Waals surface area (Å²) in [6.45, 7) is 12.5. The van der Waals surface area contributed by atoms with Crippen LogP contribution in [0.4, 0.5) is 0 Å². The summed E-state index contributed by atoms with van der Waals surface area (Å²) in [4.78, 5) is 17.8. The predicted molar refractivity (Wildman–Crippen MR) is 115 cm³/mol. The maximum Gasteiger partial charge on any atom is 0.282 e. The van der Waals surface area contributed by atoms with Gasteiger partial charge in [0, 0.05) is 33.4 Å². The van der Waals surface area contributed by atoms with Gasteiger partial charge in [-0.2, -0.15) is 9.78 Å². The van der Waals surface area contributed by atoms with Gasteiger partial charge in [-0.05, 0) is 52.0 Å². The molecule has 6 heteroatoms. The first-order valence-corrected chi connectivity index (χ1v) is 9.95. The Labute approximate surface area is 167 Å². The highest BCUT2D eigenvalue weighted by Gasteiger charge is 2.15. The van der Waals surface area contributed by atoms with Gasteiger partial charge >= 0.3 is 0 Å². The van der Waals surface area contributed by atoms with Crippen molar-refractivity contribution in [3.8, 4) is 0 Å². The van der Waals surface area contributed by atoms with Crippen LogP contribution in [0.2, 0.25) is 0 Å². The number of aryl methyl sites for hydroxylation is 1. The van der Waals surface area contributed by atoms with Gasteiger partial charge in [0.1, 0.15) is 5.82 Å². The summed E-state index contributed by atoms with van der Waals surface area (Å²) < 4.78 is 4.55. The summed E-state index contributed by atoms with van der Waals surface area (Å²) in [6, 6.07) is 8.03. The molecule has 0 unspecified atom stereocenters. The van der Waals surface area contributed by atoms with Gasteiger partial charge in [-0.25, -0.2) is 4.98 Å². The van der Waals surface area contributed by atoms with E-state index in [0.29, 0.717) is 22.8 Å². The zero-order valence-corrected chi connectivity index (χ0v) is 18.2. The van der Waals surface area contributed by atoms with Gasteiger partial charge in [0.05, 0.1) is 17.1 Å². The first-order valence-electron chi connectivity index (χ1n) is 9.15. The van der Waals surface area contributed by atoms with Crippen molar-refractivity contribution in [2.75, 3.05) is 0 Å². The van der Waals surface area contributed by atoms with E-state index in [1.165, 1.54) is 10.4 Å². The van der Waals surface area contributed by atoms with Crippen molar-refractivity contribution in [3.63, 3.8) is 0 Å². The lowest BCUT2D eigenvalue weighted by Gasteiger charge is -2.13. The molecule has 0 amide bonds. The number of nitrogens with zero attached hydrogens (tertiary/aromatic N) is 4. The van der Waals surface area contributed by atoms with E-state index in [4.69, 9.17) is 0 Å². The van der Waals surface area contributed by atoms with Crippen LogP contribution in [0.15, 0.2) is 38.6 Å². The van der Waals surface area contributed by atoms with E-state index >= 15 is 0 Å². The van der Waals surface area contributed by atoms with Gasteiger partial charge in [0.25, 0.3) is 5.56 Å². The maximum atomic E-state index is 13.1. The molecule has 1 aromatic carbocycles. The lowest BCUT2D eigenvalue weighted by atomic mass is 10.2. The molecule has 3 aromatic rings. The molecule has 0 atom stereocenters. The zero-order valence-electron chi connectivity index (χ0n) is 16.6. The maximum absolute atomic E-state index is 13.1. The molecule has 3 rings (SSSR count). The first kappa shape index (κ1) is 19.5. The summed E-state index contributed by atoms with van der Waals surface area (Å²) in [5, 5.41) is 5.09. The van der Waals surface area contributed by atoms with Crippen LogP contribution in [-0.4, -0.2) is 20.4 Å². The third kappa shape index (κ3) is 3.63. The lowest BCUT2D eigenvalue weighted by Crippen LogP contribution is -2.23. The average Bonchev–Trinajstić information content (AvgIpc) is 2.88. The molecule has 0 radical (unpaired) electrons. The number of hydrogen-bond acceptors (Lipinski definition) is 3. The molecule has 0 spiro atoms. The summed E-state index contributed by atoms with van der Waals surface area (Å²) in [5.74, 6) is 0.731. The molecule has 142 valence electrons. The van der Waals surface area contributed by atoms with Gasteiger partial charge in [0.2, 0.25) is 0 Å². The van der Waals surface area contributed by atoms with E-state index < -0.39 is 0 Å². The van der Waals surface area contributed by atoms with Crippen molar-refractivity contribution in [2.24, 2.45) is 5.10 Å². The molecule has 2 aromatic heterocycles. The van der Waals surface area contributed by atoms with Gasteiger partial charge in [-0.3, -0.25) is 4.79 Å². The third-order valence-electron chi connectivity index (χ3n) is 4.70. The molecule has 0 aliphatic carbocycles. The molecule has 0 aliphatic heterocycles. The molecule has 0 saturated carbocycles. The average molecular weight is 429 g/mol. The zero-order chi connectivity index (χ0) is 19.9. The second kappa shape index (κ2) is 7.43. The largest absolute Gasteiger partial charge is 0.346 e. The standard InChI is InChI=1S/C21H25BrN4O/c1-12(2)20-24-19-8-7-17(22)10-18(19)21(27)26(20)23-11-16-9-14(5)25(13(3)4)15(16)6/h7-13H,1-6H3. The van der Waals surface area contributed by atoms with Crippen molar-refractivity contribution in [2.45, 2.75) is 53.5 Å². The number of rotatable bonds is 4. The van der Waals surface area contributed by atoms with Crippen LogP contribution in [-0.2, 0) is 0 Å². The quantitative estimate of drug-likeness (QED) is 0.538. The van der Waals surface area contributed by atoms with Crippen molar-refractivity contribution < 1.29 is 0 Å². The molecular weight excluding hydrogens is 404 g/mol. The number of aromatic nitrogens is 3. The van der Waals surface area contributed by atoms with E-state index in [0.717, 1.165) is 15.7 Å². The minimum Gasteiger partial charge on any atom is -0.346 e. The van der Waals surface area contributed by atoms with Crippen LogP contribution in [0.3, 0.4) is 0 Å². The number of halogens is 1. The van der Waals surface area contributed by atoms with Crippen molar-refractivity contribution in [1.29, 1.82) is 0 Å². The van der Waals surface area contributed by atoms with E-state index in [2.05, 4.69) is 64.3 Å². The SMILES string of the molecule is Cc1cc(C=Nn2c(C(C)C)nc3ccc(Br)cc3c2=O)c(C)n1C(C)C. The minimum absolute atomic E-state index is 0.0750. The van der Waals surface area contributed by atoms with Crippen LogP contribution < -0.4 is 5.56 Å². The van der Waals surface area contributed by atoms with Crippen LogP contribution in [0.1, 0.15) is 62.4 Å². The first-order chi connectivity index (χ1) is 12.7. The normalized spacial score (nSPS) is 12.2. The Bertz CT molecular complexity index is 1090. The van der Waals surface area contributed by atoms with Crippen molar-refractivity contribution >= 4 is 33.0 Å². The highest BCUT2D eigenvalue weighted by atomic mass is 79.9. The molecule has 0 bridgehead atoms. The lowest BCUT2D eigenvalue weighted by molar-refractivity contribution is 0.574. The molecule has 0 saturated heterocycles. The van der Waals surface area contributed by atoms with E-state index in [1.807, 2.05) is 26.0 Å². The predicted octanol–water partition coefficient (Wildman–Crippen LogP) is 5.16. The Morgan fingerprint density at radius 2 is 1.85 bits per heavy atom. The van der Waals surface area contributed by atoms with E-state index in [-0.39, 0.29) is 11.5 Å². The Kier molecular flexibility index (Phi) is 5.38. The third-order valence-corrected chi connectivity index (χ3v) is 5.20. The summed E-state index contributed by atoms with van der Waals surface area (Å²) in [5.41, 5.74) is 3.87. The smallest absolute Gasteiger partial charge is 0.282 e. The highest BCUT2D eigenvalue weighted by Crippen LogP contribution is 2.20. The topological polar surface area (TPSA) is 52.2 Å². The van der Waals surface area contributed by atoms with Crippen LogP contribution in [0.25, 0.3) is 10.9 Å². The monoisotopic (exact) mass is 428 g/mol. The summed E-state index contributed by atoms with van der Waals surface area (Å²) >= 11 is 3.43. The Hall–Kier alpha value is -2.21. The fourth-order valence-electron chi connectivity index (χ4n) is 3.50. The Balaban J connectivity index is 2.18. The molecular formula is C21H25BrN4O. The van der Waals surface area contributed by atoms with Crippen LogP contribution in [0, 0.1) is 13.8 Å². The van der Waals surface area contributed by atoms with Crippen LogP contribution in [0.5, 0.6) is 0 Å². The molecule has 2 heterocycles. The van der Waals surface area contributed by atoms with Crippen molar-refractivity contribution in [1.82, 2.24) is 14.2 Å². The number of hydrogen-bond donors (Lipinski definition) is 0. The highest BCUT2D eigenvalue weighted by molar-refractivity contribution is 9.10. The van der Waals surface area contributed by atoms with Gasteiger partial charge < -0.3 is 4.57 Å². The summed E-state index contributed by atoms with van der Waals surface area (Å²) in [7, 11) is 0. The fraction of sp³-hybridized carbons (Fsp3) is 0.381. The van der Waals surface area contributed by atoms with Gasteiger partial charge in [-0.1, -0.05) is 29.8 Å². The second-order valence-corrected chi connectivity index (χ2v) is 8.35. The molecule has 0 aliphatic rings. The van der Waals surface area contributed by atoms with Gasteiger partial charge in [0.15, 0.2) is 0 Å². The van der Waals surface area contributed by atoms with E-state index in [9.17, 15) is 4.79 Å². The molecule has 27 heavy (non-hydrogen) atoms. The molecule has 5 nitrogen and oxygen atoms in total. The molecule has 0 N–H and O–H groups in total. The second-order valence-electron chi connectivity index (χ2n) is 7.44. The Morgan fingerprint density at radius 1 is 1.15 bits per heavy atom. The Morgan fingerprint density at radius 3 is 2.44 bits per heavy atom. The van der Waals surface area contributed by atoms with E-state index in [1.54, 1.807) is 12.3 Å².